The summed E-state index contributed by atoms with van der Waals surface area (Å²) in [6, 6.07) is 10.7. The highest BCUT2D eigenvalue weighted by molar-refractivity contribution is 8.18. The minimum Gasteiger partial charge on any atom is -0.493 e. The van der Waals surface area contributed by atoms with Crippen LogP contribution in [0.4, 0.5) is 29.3 Å². The van der Waals surface area contributed by atoms with Crippen molar-refractivity contribution in [3.8, 4) is 28.7 Å². The Morgan fingerprint density at radius 2 is 1.81 bits per heavy atom. The Labute approximate surface area is 244 Å². The molecule has 3 aromatic rings. The first kappa shape index (κ1) is 29.2. The van der Waals surface area contributed by atoms with Gasteiger partial charge in [0.05, 0.1) is 22.5 Å². The van der Waals surface area contributed by atoms with Gasteiger partial charge in [0.2, 0.25) is 18.4 Å². The first-order valence-corrected chi connectivity index (χ1v) is 12.9. The van der Waals surface area contributed by atoms with E-state index < -0.39 is 51.7 Å². The minimum absolute atomic E-state index is 0.00924. The molecule has 16 heteroatoms. The van der Waals surface area contributed by atoms with Gasteiger partial charge in [0.1, 0.15) is 6.54 Å². The van der Waals surface area contributed by atoms with Gasteiger partial charge in [-0.3, -0.25) is 29.4 Å². The molecule has 43 heavy (non-hydrogen) atoms. The number of thioether (sulfide) groups is 1. The highest BCUT2D eigenvalue weighted by Gasteiger charge is 2.37. The Hall–Kier alpha value is -5.25. The second-order valence-electron chi connectivity index (χ2n) is 8.83. The van der Waals surface area contributed by atoms with E-state index in [2.05, 4.69) is 5.32 Å². The number of carbonyl (C=O) groups is 3. The van der Waals surface area contributed by atoms with Crippen LogP contribution >= 0.6 is 11.8 Å². The molecule has 3 amide bonds. The maximum atomic E-state index is 13.0. The fourth-order valence-corrected chi connectivity index (χ4v) is 4.84. The Bertz CT molecular complexity index is 1690. The molecule has 222 valence electrons. The number of halogens is 3. The summed E-state index contributed by atoms with van der Waals surface area (Å²) in [6.45, 7) is -0.488. The van der Waals surface area contributed by atoms with Crippen molar-refractivity contribution >= 4 is 46.3 Å². The van der Waals surface area contributed by atoms with Gasteiger partial charge in [-0.05, 0) is 59.8 Å². The van der Waals surface area contributed by atoms with Gasteiger partial charge in [-0.25, -0.2) is 0 Å². The summed E-state index contributed by atoms with van der Waals surface area (Å²) in [4.78, 5) is 49.2. The van der Waals surface area contributed by atoms with E-state index in [-0.39, 0.29) is 23.2 Å². The fourth-order valence-electron chi connectivity index (χ4n) is 4.01. The Morgan fingerprint density at radius 1 is 1.07 bits per heavy atom. The zero-order valence-electron chi connectivity index (χ0n) is 21.8. The lowest BCUT2D eigenvalue weighted by Gasteiger charge is -2.13. The largest absolute Gasteiger partial charge is 0.493 e. The molecule has 2 aliphatic rings. The molecule has 1 N–H and O–H groups in total. The van der Waals surface area contributed by atoms with Crippen molar-refractivity contribution in [2.45, 2.75) is 6.18 Å². The zero-order valence-corrected chi connectivity index (χ0v) is 22.6. The molecule has 3 aromatic carbocycles. The molecular weight excluding hydrogens is 599 g/mol. The molecule has 2 heterocycles. The highest BCUT2D eigenvalue weighted by atomic mass is 32.2. The molecule has 0 spiro atoms. The highest BCUT2D eigenvalue weighted by Crippen LogP contribution is 2.41. The topological polar surface area (TPSA) is 147 Å². The number of anilines is 1. The van der Waals surface area contributed by atoms with E-state index in [0.29, 0.717) is 46.6 Å². The summed E-state index contributed by atoms with van der Waals surface area (Å²) in [5.74, 6) is -0.855. The second-order valence-corrected chi connectivity index (χ2v) is 9.83. The number of benzene rings is 3. The molecule has 0 saturated carbocycles. The summed E-state index contributed by atoms with van der Waals surface area (Å²) in [5, 5.41) is 13.3. The van der Waals surface area contributed by atoms with Crippen LogP contribution in [0.1, 0.15) is 11.1 Å². The molecule has 0 atom stereocenters. The van der Waals surface area contributed by atoms with Crippen molar-refractivity contribution in [3.05, 3.63) is 80.7 Å². The third kappa shape index (κ3) is 6.33. The third-order valence-electron chi connectivity index (χ3n) is 6.02. The number of carbonyl (C=O) groups excluding carboxylic acids is 3. The van der Waals surface area contributed by atoms with E-state index in [4.69, 9.17) is 18.9 Å². The zero-order chi connectivity index (χ0) is 30.9. The predicted octanol–water partition coefficient (Wildman–Crippen LogP) is 5.82. The Morgan fingerprint density at radius 3 is 2.53 bits per heavy atom. The molecule has 1 saturated heterocycles. The van der Waals surface area contributed by atoms with Crippen LogP contribution in [0.25, 0.3) is 6.08 Å². The lowest BCUT2D eigenvalue weighted by molar-refractivity contribution is -0.385. The minimum atomic E-state index is -4.79. The number of nitro groups is 1. The Kier molecular flexibility index (Phi) is 7.86. The number of nitrogens with zero attached hydrogens (tertiary/aromatic N) is 2. The number of alkyl halides is 3. The molecule has 0 radical (unpaired) electrons. The SMILES string of the molecule is COc1cc(/C=C2/SC(=O)N(CC(=O)Nc3ccc4c(c3)OCO4)C2=O)ccc1Oc1ccc(C(F)(F)F)cc1[N+](=O)[O-]. The van der Waals surface area contributed by atoms with Gasteiger partial charge < -0.3 is 24.3 Å². The van der Waals surface area contributed by atoms with Crippen molar-refractivity contribution < 1.29 is 51.4 Å². The molecule has 0 aromatic heterocycles. The number of imide groups is 1. The maximum Gasteiger partial charge on any atom is 0.416 e. The van der Waals surface area contributed by atoms with Crippen molar-refractivity contribution in [2.75, 3.05) is 25.8 Å². The number of rotatable bonds is 8. The molecular formula is C27H18F3N3O9S. The van der Waals surface area contributed by atoms with E-state index >= 15 is 0 Å². The van der Waals surface area contributed by atoms with Crippen LogP contribution in [0.2, 0.25) is 0 Å². The van der Waals surface area contributed by atoms with Crippen molar-refractivity contribution in [2.24, 2.45) is 0 Å². The number of ether oxygens (including phenoxy) is 4. The van der Waals surface area contributed by atoms with E-state index in [0.717, 1.165) is 11.0 Å². The molecule has 1 fully saturated rings. The van der Waals surface area contributed by atoms with Gasteiger partial charge in [-0.2, -0.15) is 13.2 Å². The van der Waals surface area contributed by atoms with E-state index in [1.54, 1.807) is 18.2 Å². The Balaban J connectivity index is 1.29. The summed E-state index contributed by atoms with van der Waals surface area (Å²) >= 11 is 0.613. The second kappa shape index (κ2) is 11.6. The van der Waals surface area contributed by atoms with Gasteiger partial charge in [0.15, 0.2) is 23.0 Å². The van der Waals surface area contributed by atoms with Crippen LogP contribution in [-0.2, 0) is 15.8 Å². The quantitative estimate of drug-likeness (QED) is 0.186. The van der Waals surface area contributed by atoms with Crippen molar-refractivity contribution in [1.82, 2.24) is 4.90 Å². The summed E-state index contributed by atoms with van der Waals surface area (Å²) in [6.07, 6.45) is -3.42. The van der Waals surface area contributed by atoms with Crippen LogP contribution < -0.4 is 24.3 Å². The number of methoxy groups -OCH3 is 1. The lowest BCUT2D eigenvalue weighted by atomic mass is 10.1. The first-order valence-electron chi connectivity index (χ1n) is 12.1. The molecule has 12 nitrogen and oxygen atoms in total. The summed E-state index contributed by atoms with van der Waals surface area (Å²) < 4.78 is 60.3. The molecule has 0 unspecified atom stereocenters. The summed E-state index contributed by atoms with van der Waals surface area (Å²) in [5.41, 5.74) is -1.38. The van der Waals surface area contributed by atoms with Crippen molar-refractivity contribution in [1.29, 1.82) is 0 Å². The van der Waals surface area contributed by atoms with Gasteiger partial charge in [0, 0.05) is 17.8 Å². The predicted molar refractivity (Wildman–Crippen MR) is 145 cm³/mol. The number of fused-ring (bicyclic) bond motifs is 1. The molecule has 0 aliphatic carbocycles. The van der Waals surface area contributed by atoms with Gasteiger partial charge >= 0.3 is 11.9 Å². The first-order chi connectivity index (χ1) is 20.4. The van der Waals surface area contributed by atoms with Crippen LogP contribution in [0.5, 0.6) is 28.7 Å². The monoisotopic (exact) mass is 617 g/mol. The van der Waals surface area contributed by atoms with Gasteiger partial charge in [-0.1, -0.05) is 6.07 Å². The summed E-state index contributed by atoms with van der Waals surface area (Å²) in [7, 11) is 1.26. The number of nitro benzene ring substituents is 1. The molecule has 0 bridgehead atoms. The molecule has 2 aliphatic heterocycles. The van der Waals surface area contributed by atoms with Crippen LogP contribution in [0.3, 0.4) is 0 Å². The van der Waals surface area contributed by atoms with E-state index in [1.165, 1.54) is 31.4 Å². The van der Waals surface area contributed by atoms with E-state index in [9.17, 15) is 37.7 Å². The van der Waals surface area contributed by atoms with Crippen molar-refractivity contribution in [3.63, 3.8) is 0 Å². The average molecular weight is 618 g/mol. The number of amides is 3. The molecule has 5 rings (SSSR count). The third-order valence-corrected chi connectivity index (χ3v) is 6.93. The average Bonchev–Trinajstić information content (AvgIpc) is 3.52. The number of nitrogens with one attached hydrogen (secondary N) is 1. The smallest absolute Gasteiger partial charge is 0.416 e. The van der Waals surface area contributed by atoms with Crippen LogP contribution in [-0.4, -0.2) is 47.3 Å². The number of hydrogen-bond donors (Lipinski definition) is 1. The van der Waals surface area contributed by atoms with Gasteiger partial charge in [-0.15, -0.1) is 0 Å². The van der Waals surface area contributed by atoms with Crippen LogP contribution in [0.15, 0.2) is 59.5 Å². The van der Waals surface area contributed by atoms with Crippen LogP contribution in [0, 0.1) is 10.1 Å². The standard InChI is InChI=1S/C27H18F3N3O9S/c1-39-21-8-14(2-5-20(21)42-18-6-3-15(27(28,29)30)10-17(18)33(37)38)9-23-25(35)32(26(36)43-23)12-24(34)31-16-4-7-19-22(11-16)41-13-40-19/h2-11H,12-13H2,1H3,(H,31,34)/b23-9+. The fraction of sp³-hybridized carbons (Fsp3) is 0.148. The number of hydrogen-bond acceptors (Lipinski definition) is 10. The maximum absolute atomic E-state index is 13.0. The normalized spacial score (nSPS) is 15.2. The lowest BCUT2D eigenvalue weighted by Crippen LogP contribution is -2.36. The van der Waals surface area contributed by atoms with E-state index in [1.807, 2.05) is 0 Å². The van der Waals surface area contributed by atoms with Gasteiger partial charge in [0.25, 0.3) is 11.1 Å².